The molecule has 3 N–H and O–H groups in total. The lowest BCUT2D eigenvalue weighted by molar-refractivity contribution is -0.148. The zero-order valence-corrected chi connectivity index (χ0v) is 24.1. The number of ether oxygens (including phenoxy) is 1. The van der Waals surface area contributed by atoms with Crippen molar-refractivity contribution in [1.82, 2.24) is 30.7 Å². The van der Waals surface area contributed by atoms with Crippen molar-refractivity contribution in [2.45, 2.75) is 51.0 Å². The molecule has 2 aliphatic rings. The van der Waals surface area contributed by atoms with E-state index in [0.29, 0.717) is 6.42 Å². The van der Waals surface area contributed by atoms with Gasteiger partial charge in [0.2, 0.25) is 17.7 Å². The van der Waals surface area contributed by atoms with Crippen LogP contribution in [-0.4, -0.2) is 102 Å². The molecule has 0 aliphatic carbocycles. The first-order valence-corrected chi connectivity index (χ1v) is 14.1. The van der Waals surface area contributed by atoms with Gasteiger partial charge in [-0.15, -0.1) is 0 Å². The predicted octanol–water partition coefficient (Wildman–Crippen LogP) is 0.138. The van der Waals surface area contributed by atoms with Crippen molar-refractivity contribution in [3.8, 4) is 0 Å². The number of carbonyl (C=O) groups excluding carboxylic acids is 5. The van der Waals surface area contributed by atoms with E-state index in [1.165, 1.54) is 23.0 Å². The number of benzene rings is 1. The second kappa shape index (κ2) is 14.0. The van der Waals surface area contributed by atoms with Gasteiger partial charge in [-0.1, -0.05) is 50.2 Å². The highest BCUT2D eigenvalue weighted by Crippen LogP contribution is 2.16. The van der Waals surface area contributed by atoms with Gasteiger partial charge < -0.3 is 30.5 Å². The average Bonchev–Trinajstić information content (AvgIpc) is 2.98. The van der Waals surface area contributed by atoms with Crippen LogP contribution in [0.4, 0.5) is 0 Å². The minimum Gasteiger partial charge on any atom is -0.360 e. The highest BCUT2D eigenvalue weighted by molar-refractivity contribution is 5.95. The number of nitrogens with one attached hydrogen (secondary N) is 3. The summed E-state index contributed by atoms with van der Waals surface area (Å²) in [7, 11) is 1.47. The van der Waals surface area contributed by atoms with Gasteiger partial charge in [-0.05, 0) is 30.0 Å². The Morgan fingerprint density at radius 3 is 2.40 bits per heavy atom. The molecule has 0 radical (unpaired) electrons. The SMILES string of the molecule is CC(C)C[C@@H]1NC(=O)CN(C)C(=O)[C@@H](Cc2ccccc2)NC(=O)[C@H]2CN(C(=O)c3ccccn3)C[C@@H](CNC1=O)O2. The number of morpholine rings is 1. The normalized spacial score (nSPS) is 24.3. The second-order valence-electron chi connectivity index (χ2n) is 11.1. The van der Waals surface area contributed by atoms with Gasteiger partial charge in [0.05, 0.1) is 19.2 Å². The molecular formula is C30H38N6O6. The first-order valence-electron chi connectivity index (χ1n) is 14.1. The summed E-state index contributed by atoms with van der Waals surface area (Å²) in [5.41, 5.74) is 1.03. The lowest BCUT2D eigenvalue weighted by Gasteiger charge is -2.38. The average molecular weight is 579 g/mol. The molecular weight excluding hydrogens is 540 g/mol. The van der Waals surface area contributed by atoms with Crippen molar-refractivity contribution < 1.29 is 28.7 Å². The highest BCUT2D eigenvalue weighted by Gasteiger charge is 2.38. The van der Waals surface area contributed by atoms with Crippen LogP contribution >= 0.6 is 0 Å². The molecule has 2 saturated heterocycles. The van der Waals surface area contributed by atoms with Gasteiger partial charge in [0.25, 0.3) is 11.8 Å². The Kier molecular flexibility index (Phi) is 10.2. The third kappa shape index (κ3) is 8.12. The zero-order valence-electron chi connectivity index (χ0n) is 24.1. The van der Waals surface area contributed by atoms with Gasteiger partial charge in [0.15, 0.2) is 6.10 Å². The molecule has 224 valence electrons. The Morgan fingerprint density at radius 1 is 0.976 bits per heavy atom. The number of nitrogens with zero attached hydrogens (tertiary/aromatic N) is 3. The number of hydrogen-bond acceptors (Lipinski definition) is 7. The fourth-order valence-electron chi connectivity index (χ4n) is 5.07. The molecule has 2 bridgehead atoms. The van der Waals surface area contributed by atoms with Crippen molar-refractivity contribution in [2.24, 2.45) is 5.92 Å². The molecule has 0 spiro atoms. The van der Waals surface area contributed by atoms with E-state index in [1.54, 1.807) is 18.2 Å². The summed E-state index contributed by atoms with van der Waals surface area (Å²) in [5.74, 6) is -2.25. The second-order valence-corrected chi connectivity index (χ2v) is 11.1. The standard InChI is InChI=1S/C30H38N6O6/c1-19(2)13-23-27(38)32-15-21-16-36(30(41)22-11-7-8-12-31-22)17-25(42-21)28(39)34-24(14-20-9-5-4-6-10-20)29(40)35(3)18-26(37)33-23/h4-12,19,21,23-25H,13-18H2,1-3H3,(H,32,38)(H,33,37)(H,34,39)/t21-,23+,24-,25-/m1/s1. The summed E-state index contributed by atoms with van der Waals surface area (Å²) in [4.78, 5) is 73.4. The number of fused-ring (bicyclic) bond motifs is 2. The summed E-state index contributed by atoms with van der Waals surface area (Å²) >= 11 is 0. The van der Waals surface area contributed by atoms with Crippen molar-refractivity contribution >= 4 is 29.5 Å². The van der Waals surface area contributed by atoms with Crippen LogP contribution in [0.1, 0.15) is 36.3 Å². The van der Waals surface area contributed by atoms with Crippen LogP contribution in [-0.2, 0) is 30.3 Å². The van der Waals surface area contributed by atoms with Crippen LogP contribution in [0.5, 0.6) is 0 Å². The quantitative estimate of drug-likeness (QED) is 0.457. The van der Waals surface area contributed by atoms with E-state index in [2.05, 4.69) is 20.9 Å². The van der Waals surface area contributed by atoms with Gasteiger partial charge in [-0.2, -0.15) is 0 Å². The smallest absolute Gasteiger partial charge is 0.272 e. The Balaban J connectivity index is 1.65. The van der Waals surface area contributed by atoms with Gasteiger partial charge in [-0.3, -0.25) is 29.0 Å². The van der Waals surface area contributed by atoms with Crippen molar-refractivity contribution in [3.05, 3.63) is 66.0 Å². The predicted molar refractivity (Wildman–Crippen MR) is 153 cm³/mol. The van der Waals surface area contributed by atoms with Crippen LogP contribution in [0.25, 0.3) is 0 Å². The van der Waals surface area contributed by atoms with Crippen molar-refractivity contribution in [1.29, 1.82) is 0 Å². The van der Waals surface area contributed by atoms with Crippen LogP contribution < -0.4 is 16.0 Å². The van der Waals surface area contributed by atoms with E-state index >= 15 is 0 Å². The number of likely N-dealkylation sites (N-methyl/N-ethyl adjacent to an activating group) is 1. The summed E-state index contributed by atoms with van der Waals surface area (Å²) in [6.45, 7) is 3.62. The molecule has 4 atom stereocenters. The molecule has 4 rings (SSSR count). The van der Waals surface area contributed by atoms with E-state index in [9.17, 15) is 24.0 Å². The Hall–Kier alpha value is -4.32. The molecule has 12 heteroatoms. The van der Waals surface area contributed by atoms with E-state index in [-0.39, 0.29) is 50.1 Å². The minimum absolute atomic E-state index is 0.00531. The van der Waals surface area contributed by atoms with Crippen molar-refractivity contribution in [3.63, 3.8) is 0 Å². The Labute approximate surface area is 245 Å². The minimum atomic E-state index is -1.11. The van der Waals surface area contributed by atoms with Gasteiger partial charge >= 0.3 is 0 Å². The Morgan fingerprint density at radius 2 is 1.71 bits per heavy atom. The van der Waals surface area contributed by atoms with Gasteiger partial charge in [0, 0.05) is 32.8 Å². The van der Waals surface area contributed by atoms with Gasteiger partial charge in [-0.25, -0.2) is 0 Å². The molecule has 2 aliphatic heterocycles. The molecule has 12 nitrogen and oxygen atoms in total. The molecule has 2 fully saturated rings. The maximum atomic E-state index is 13.6. The molecule has 3 heterocycles. The number of carbonyl (C=O) groups is 5. The van der Waals surface area contributed by atoms with E-state index in [0.717, 1.165) is 5.56 Å². The fraction of sp³-hybridized carbons (Fsp3) is 0.467. The van der Waals surface area contributed by atoms with Gasteiger partial charge in [0.1, 0.15) is 17.8 Å². The molecule has 5 amide bonds. The largest absolute Gasteiger partial charge is 0.360 e. The third-order valence-corrected chi connectivity index (χ3v) is 7.15. The van der Waals surface area contributed by atoms with E-state index in [1.807, 2.05) is 44.2 Å². The first kappa shape index (κ1) is 30.6. The molecule has 2 aromatic rings. The van der Waals surface area contributed by atoms with Crippen LogP contribution in [0.15, 0.2) is 54.7 Å². The lowest BCUT2D eigenvalue weighted by Crippen LogP contribution is -2.59. The monoisotopic (exact) mass is 578 g/mol. The number of amides is 5. The van der Waals surface area contributed by atoms with E-state index < -0.39 is 47.9 Å². The number of aromatic nitrogens is 1. The highest BCUT2D eigenvalue weighted by atomic mass is 16.5. The molecule has 0 saturated carbocycles. The lowest BCUT2D eigenvalue weighted by atomic mass is 10.0. The number of rotatable bonds is 5. The molecule has 1 aromatic heterocycles. The third-order valence-electron chi connectivity index (χ3n) is 7.15. The zero-order chi connectivity index (χ0) is 30.2. The first-order chi connectivity index (χ1) is 20.1. The molecule has 1 aromatic carbocycles. The Bertz CT molecular complexity index is 1270. The summed E-state index contributed by atoms with van der Waals surface area (Å²) < 4.78 is 6.08. The topological polar surface area (TPSA) is 150 Å². The van der Waals surface area contributed by atoms with Crippen LogP contribution in [0, 0.1) is 5.92 Å². The maximum absolute atomic E-state index is 13.6. The van der Waals surface area contributed by atoms with Crippen molar-refractivity contribution in [2.75, 3.05) is 33.2 Å². The summed E-state index contributed by atoms with van der Waals surface area (Å²) in [5, 5.41) is 8.37. The summed E-state index contributed by atoms with van der Waals surface area (Å²) in [6.07, 6.45) is 0.236. The number of hydrogen-bond donors (Lipinski definition) is 3. The molecule has 42 heavy (non-hydrogen) atoms. The maximum Gasteiger partial charge on any atom is 0.272 e. The fourth-order valence-corrected chi connectivity index (χ4v) is 5.07. The van der Waals surface area contributed by atoms with Crippen LogP contribution in [0.2, 0.25) is 0 Å². The molecule has 0 unspecified atom stereocenters. The van der Waals surface area contributed by atoms with Crippen LogP contribution in [0.3, 0.4) is 0 Å². The summed E-state index contributed by atoms with van der Waals surface area (Å²) in [6, 6.07) is 12.3. The van der Waals surface area contributed by atoms with E-state index in [4.69, 9.17) is 4.74 Å². The number of pyridine rings is 1.